The van der Waals surface area contributed by atoms with Gasteiger partial charge in [0.05, 0.1) is 18.8 Å². The van der Waals surface area contributed by atoms with Crippen molar-refractivity contribution < 1.29 is 14.3 Å². The van der Waals surface area contributed by atoms with Crippen molar-refractivity contribution in [2.75, 3.05) is 27.4 Å². The van der Waals surface area contributed by atoms with E-state index < -0.39 is 0 Å². The minimum atomic E-state index is 0.0530. The summed E-state index contributed by atoms with van der Waals surface area (Å²) in [6, 6.07) is 3.93. The monoisotopic (exact) mass is 266 g/mol. The Morgan fingerprint density at radius 2 is 2.16 bits per heavy atom. The Labute approximate surface area is 114 Å². The number of hydrogen-bond donors (Lipinski definition) is 0. The maximum atomic E-state index is 12.6. The zero-order chi connectivity index (χ0) is 14.0. The zero-order valence-corrected chi connectivity index (χ0v) is 12.0. The van der Waals surface area contributed by atoms with Crippen molar-refractivity contribution in [2.45, 2.75) is 25.5 Å². The highest BCUT2D eigenvalue weighted by atomic mass is 16.5. The molecule has 0 aromatic carbocycles. The van der Waals surface area contributed by atoms with E-state index in [1.165, 1.54) is 0 Å². The zero-order valence-electron chi connectivity index (χ0n) is 12.0. The van der Waals surface area contributed by atoms with E-state index in [-0.39, 0.29) is 18.1 Å². The number of likely N-dealkylation sites (tertiary alicyclic amines) is 1. The summed E-state index contributed by atoms with van der Waals surface area (Å²) < 4.78 is 12.5. The second-order valence-electron chi connectivity index (χ2n) is 5.08. The van der Waals surface area contributed by atoms with Gasteiger partial charge in [-0.25, -0.2) is 0 Å². The number of aromatic nitrogens is 1. The first kappa shape index (κ1) is 14.1. The number of rotatable bonds is 4. The summed E-state index contributed by atoms with van der Waals surface area (Å²) >= 11 is 0. The third-order valence-electron chi connectivity index (χ3n) is 3.92. The normalized spacial score (nSPS) is 23.1. The largest absolute Gasteiger partial charge is 0.383 e. The molecule has 5 heteroatoms. The van der Waals surface area contributed by atoms with E-state index in [4.69, 9.17) is 9.47 Å². The van der Waals surface area contributed by atoms with Gasteiger partial charge in [0.15, 0.2) is 0 Å². The maximum Gasteiger partial charge on any atom is 0.270 e. The van der Waals surface area contributed by atoms with Crippen molar-refractivity contribution in [1.82, 2.24) is 9.47 Å². The standard InChI is InChI=1S/C14H22N2O3/c1-10-5-6-13(15(10)2)14(17)16-8-12(19-4)7-11(16)9-18-3/h5-6,11-12H,7-9H2,1-4H3/t11-,12-/m0/s1. The molecule has 1 aliphatic rings. The fourth-order valence-corrected chi connectivity index (χ4v) is 2.62. The molecule has 0 N–H and O–H groups in total. The summed E-state index contributed by atoms with van der Waals surface area (Å²) in [6.07, 6.45) is 0.935. The molecule has 1 aromatic heterocycles. The summed E-state index contributed by atoms with van der Waals surface area (Å²) in [5, 5.41) is 0. The van der Waals surface area contributed by atoms with Crippen LogP contribution in [0.1, 0.15) is 22.6 Å². The minimum Gasteiger partial charge on any atom is -0.383 e. The van der Waals surface area contributed by atoms with E-state index in [2.05, 4.69) is 0 Å². The second kappa shape index (κ2) is 5.75. The van der Waals surface area contributed by atoms with E-state index in [1.807, 2.05) is 35.6 Å². The molecule has 2 atom stereocenters. The van der Waals surface area contributed by atoms with Crippen molar-refractivity contribution in [3.8, 4) is 0 Å². The van der Waals surface area contributed by atoms with Gasteiger partial charge in [0.2, 0.25) is 0 Å². The van der Waals surface area contributed by atoms with Crippen LogP contribution in [-0.2, 0) is 16.5 Å². The fraction of sp³-hybridized carbons (Fsp3) is 0.643. The Balaban J connectivity index is 2.19. The Morgan fingerprint density at radius 1 is 1.42 bits per heavy atom. The smallest absolute Gasteiger partial charge is 0.270 e. The first-order chi connectivity index (χ1) is 9.08. The average molecular weight is 266 g/mol. The molecule has 2 heterocycles. The van der Waals surface area contributed by atoms with Crippen LogP contribution in [0.15, 0.2) is 12.1 Å². The van der Waals surface area contributed by atoms with Crippen molar-refractivity contribution in [1.29, 1.82) is 0 Å². The number of aryl methyl sites for hydroxylation is 1. The van der Waals surface area contributed by atoms with Gasteiger partial charge < -0.3 is 18.9 Å². The van der Waals surface area contributed by atoms with Crippen LogP contribution in [0.2, 0.25) is 0 Å². The van der Waals surface area contributed by atoms with Crippen LogP contribution in [-0.4, -0.2) is 54.9 Å². The Hall–Kier alpha value is -1.33. The molecule has 0 bridgehead atoms. The SMILES string of the molecule is COC[C@@H]1C[C@H](OC)CN1C(=O)c1ccc(C)n1C. The molecule has 0 spiro atoms. The molecule has 1 aromatic rings. The van der Waals surface area contributed by atoms with Crippen molar-refractivity contribution in [2.24, 2.45) is 7.05 Å². The van der Waals surface area contributed by atoms with Crippen molar-refractivity contribution >= 4 is 5.91 Å². The molecule has 0 aliphatic carbocycles. The first-order valence-corrected chi connectivity index (χ1v) is 6.53. The van der Waals surface area contributed by atoms with Crippen LogP contribution in [0.3, 0.4) is 0 Å². The quantitative estimate of drug-likeness (QED) is 0.823. The molecular formula is C14H22N2O3. The summed E-state index contributed by atoms with van der Waals surface area (Å²) in [7, 11) is 5.27. The summed E-state index contributed by atoms with van der Waals surface area (Å²) in [5.41, 5.74) is 1.80. The van der Waals surface area contributed by atoms with E-state index in [9.17, 15) is 4.79 Å². The van der Waals surface area contributed by atoms with Crippen molar-refractivity contribution in [3.63, 3.8) is 0 Å². The molecule has 0 unspecified atom stereocenters. The number of hydrogen-bond acceptors (Lipinski definition) is 3. The van der Waals surface area contributed by atoms with E-state index in [0.717, 1.165) is 17.8 Å². The Bertz CT molecular complexity index is 456. The summed E-state index contributed by atoms with van der Waals surface area (Å²) in [6.45, 7) is 3.17. The second-order valence-corrected chi connectivity index (χ2v) is 5.08. The number of carbonyl (C=O) groups excluding carboxylic acids is 1. The molecule has 2 rings (SSSR count). The van der Waals surface area contributed by atoms with Gasteiger partial charge >= 0.3 is 0 Å². The molecule has 19 heavy (non-hydrogen) atoms. The van der Waals surface area contributed by atoms with Gasteiger partial charge in [-0.3, -0.25) is 4.79 Å². The predicted octanol–water partition coefficient (Wildman–Crippen LogP) is 1.21. The number of carbonyl (C=O) groups is 1. The van der Waals surface area contributed by atoms with Crippen LogP contribution >= 0.6 is 0 Å². The lowest BCUT2D eigenvalue weighted by Gasteiger charge is -2.24. The molecule has 106 valence electrons. The fourth-order valence-electron chi connectivity index (χ4n) is 2.62. The van der Waals surface area contributed by atoms with Gasteiger partial charge in [0.1, 0.15) is 5.69 Å². The Morgan fingerprint density at radius 3 is 2.68 bits per heavy atom. The lowest BCUT2D eigenvalue weighted by Crippen LogP contribution is -2.39. The third kappa shape index (κ3) is 2.67. The molecule has 0 radical (unpaired) electrons. The van der Waals surface area contributed by atoms with Gasteiger partial charge in [-0.1, -0.05) is 0 Å². The maximum absolute atomic E-state index is 12.6. The third-order valence-corrected chi connectivity index (χ3v) is 3.92. The molecule has 1 amide bonds. The van der Waals surface area contributed by atoms with Crippen LogP contribution in [0.25, 0.3) is 0 Å². The average Bonchev–Trinajstić information content (AvgIpc) is 2.95. The molecule has 1 fully saturated rings. The lowest BCUT2D eigenvalue weighted by molar-refractivity contribution is 0.0603. The summed E-state index contributed by atoms with van der Waals surface area (Å²) in [5.74, 6) is 0.0530. The summed E-state index contributed by atoms with van der Waals surface area (Å²) in [4.78, 5) is 14.5. The topological polar surface area (TPSA) is 43.7 Å². The van der Waals surface area contributed by atoms with Crippen LogP contribution < -0.4 is 0 Å². The van der Waals surface area contributed by atoms with Crippen LogP contribution in [0.4, 0.5) is 0 Å². The number of nitrogens with zero attached hydrogens (tertiary/aromatic N) is 2. The number of ether oxygens (including phenoxy) is 2. The molecule has 0 saturated carbocycles. The van der Waals surface area contributed by atoms with Crippen LogP contribution in [0.5, 0.6) is 0 Å². The van der Waals surface area contributed by atoms with Gasteiger partial charge in [-0.2, -0.15) is 0 Å². The highest BCUT2D eigenvalue weighted by Crippen LogP contribution is 2.23. The molecule has 5 nitrogen and oxygen atoms in total. The highest BCUT2D eigenvalue weighted by Gasteiger charge is 2.36. The van der Waals surface area contributed by atoms with E-state index in [1.54, 1.807) is 14.2 Å². The van der Waals surface area contributed by atoms with Crippen molar-refractivity contribution in [3.05, 3.63) is 23.5 Å². The lowest BCUT2D eigenvalue weighted by atomic mass is 10.2. The first-order valence-electron chi connectivity index (χ1n) is 6.53. The van der Waals surface area contributed by atoms with Crippen LogP contribution in [0, 0.1) is 6.92 Å². The highest BCUT2D eigenvalue weighted by molar-refractivity contribution is 5.93. The van der Waals surface area contributed by atoms with E-state index in [0.29, 0.717) is 13.2 Å². The minimum absolute atomic E-state index is 0.0530. The van der Waals surface area contributed by atoms with Gasteiger partial charge in [0.25, 0.3) is 5.91 Å². The number of amides is 1. The Kier molecular flexibility index (Phi) is 4.27. The predicted molar refractivity (Wildman–Crippen MR) is 72.3 cm³/mol. The van der Waals surface area contributed by atoms with E-state index >= 15 is 0 Å². The molecule has 1 saturated heterocycles. The molecular weight excluding hydrogens is 244 g/mol. The van der Waals surface area contributed by atoms with Gasteiger partial charge in [-0.15, -0.1) is 0 Å². The number of methoxy groups -OCH3 is 2. The van der Waals surface area contributed by atoms with Gasteiger partial charge in [0, 0.05) is 33.5 Å². The van der Waals surface area contributed by atoms with Gasteiger partial charge in [-0.05, 0) is 25.5 Å². The molecule has 1 aliphatic heterocycles.